The maximum Gasteiger partial charge on any atom is 0.161 e. The van der Waals surface area contributed by atoms with E-state index in [1.165, 1.54) is 0 Å². The first-order chi connectivity index (χ1) is 13.7. The Hall–Kier alpha value is -1.99. The molecule has 7 heteroatoms. The van der Waals surface area contributed by atoms with Crippen LogP contribution in [0.25, 0.3) is 11.1 Å². The van der Waals surface area contributed by atoms with Gasteiger partial charge in [-0.1, -0.05) is 17.7 Å². The van der Waals surface area contributed by atoms with Gasteiger partial charge in [0.15, 0.2) is 11.5 Å². The van der Waals surface area contributed by atoms with E-state index in [2.05, 4.69) is 4.90 Å². The summed E-state index contributed by atoms with van der Waals surface area (Å²) >= 11 is 6.29. The molecule has 1 unspecified atom stereocenters. The Bertz CT molecular complexity index is 809. The summed E-state index contributed by atoms with van der Waals surface area (Å²) in [5.74, 6) is 2.10. The zero-order valence-corrected chi connectivity index (χ0v) is 16.4. The van der Waals surface area contributed by atoms with Gasteiger partial charge in [0.05, 0.1) is 13.2 Å². The first kappa shape index (κ1) is 19.3. The molecule has 1 atom stereocenters. The number of ether oxygens (including phenoxy) is 4. The fraction of sp³-hybridized carbons (Fsp3) is 0.429. The van der Waals surface area contributed by atoms with E-state index in [1.807, 2.05) is 30.3 Å². The van der Waals surface area contributed by atoms with E-state index < -0.39 is 6.10 Å². The zero-order chi connectivity index (χ0) is 19.3. The second kappa shape index (κ2) is 9.01. The average molecular weight is 406 g/mol. The number of hydrogen-bond acceptors (Lipinski definition) is 6. The third-order valence-corrected chi connectivity index (χ3v) is 4.98. The Morgan fingerprint density at radius 3 is 2.57 bits per heavy atom. The molecule has 2 aliphatic heterocycles. The van der Waals surface area contributed by atoms with E-state index in [4.69, 9.17) is 30.5 Å². The molecule has 150 valence electrons. The highest BCUT2D eigenvalue weighted by Gasteiger charge is 2.16. The lowest BCUT2D eigenvalue weighted by molar-refractivity contribution is 0.00466. The molecule has 0 amide bonds. The van der Waals surface area contributed by atoms with Crippen LogP contribution in [0.4, 0.5) is 0 Å². The van der Waals surface area contributed by atoms with Gasteiger partial charge in [-0.15, -0.1) is 0 Å². The first-order valence-electron chi connectivity index (χ1n) is 9.49. The minimum atomic E-state index is -0.574. The van der Waals surface area contributed by atoms with Gasteiger partial charge >= 0.3 is 0 Å². The van der Waals surface area contributed by atoms with Gasteiger partial charge in [-0.05, 0) is 41.5 Å². The van der Waals surface area contributed by atoms with Gasteiger partial charge in [-0.2, -0.15) is 0 Å². The molecule has 0 radical (unpaired) electrons. The number of fused-ring (bicyclic) bond motifs is 1. The second-order valence-electron chi connectivity index (χ2n) is 6.91. The third kappa shape index (κ3) is 4.89. The monoisotopic (exact) mass is 405 g/mol. The van der Waals surface area contributed by atoms with Gasteiger partial charge < -0.3 is 24.1 Å². The van der Waals surface area contributed by atoms with E-state index in [1.54, 1.807) is 6.07 Å². The van der Waals surface area contributed by atoms with Crippen molar-refractivity contribution in [2.45, 2.75) is 6.10 Å². The van der Waals surface area contributed by atoms with E-state index in [0.29, 0.717) is 43.7 Å². The highest BCUT2D eigenvalue weighted by molar-refractivity contribution is 6.31. The number of aliphatic hydroxyl groups excluding tert-OH is 1. The van der Waals surface area contributed by atoms with Crippen molar-refractivity contribution in [2.75, 3.05) is 52.7 Å². The summed E-state index contributed by atoms with van der Waals surface area (Å²) in [5, 5.41) is 10.9. The predicted octanol–water partition coefficient (Wildman–Crippen LogP) is 2.85. The van der Waals surface area contributed by atoms with E-state index in [9.17, 15) is 5.11 Å². The molecule has 0 aliphatic carbocycles. The van der Waals surface area contributed by atoms with Crippen molar-refractivity contribution in [1.29, 1.82) is 0 Å². The van der Waals surface area contributed by atoms with Crippen LogP contribution in [0, 0.1) is 0 Å². The molecule has 1 fully saturated rings. The van der Waals surface area contributed by atoms with Gasteiger partial charge in [0.2, 0.25) is 0 Å². The van der Waals surface area contributed by atoms with Crippen LogP contribution >= 0.6 is 11.6 Å². The molecule has 0 saturated carbocycles. The van der Waals surface area contributed by atoms with Crippen molar-refractivity contribution in [1.82, 2.24) is 4.90 Å². The van der Waals surface area contributed by atoms with Gasteiger partial charge in [0, 0.05) is 24.7 Å². The Balaban J connectivity index is 1.42. The Morgan fingerprint density at radius 1 is 0.964 bits per heavy atom. The lowest BCUT2D eigenvalue weighted by Crippen LogP contribution is -2.42. The normalized spacial score (nSPS) is 17.9. The van der Waals surface area contributed by atoms with Crippen LogP contribution in [-0.2, 0) is 4.74 Å². The van der Waals surface area contributed by atoms with E-state index in [0.717, 1.165) is 35.7 Å². The molecule has 2 aliphatic rings. The van der Waals surface area contributed by atoms with Crippen LogP contribution in [0.2, 0.25) is 5.02 Å². The number of rotatable bonds is 6. The van der Waals surface area contributed by atoms with Crippen molar-refractivity contribution in [3.05, 3.63) is 41.4 Å². The van der Waals surface area contributed by atoms with E-state index in [-0.39, 0.29) is 6.61 Å². The summed E-state index contributed by atoms with van der Waals surface area (Å²) < 4.78 is 22.4. The molecule has 0 aromatic heterocycles. The van der Waals surface area contributed by atoms with Crippen LogP contribution in [0.3, 0.4) is 0 Å². The summed E-state index contributed by atoms with van der Waals surface area (Å²) in [4.78, 5) is 2.18. The molecule has 1 N–H and O–H groups in total. The maximum absolute atomic E-state index is 10.3. The number of nitrogens with zero attached hydrogens (tertiary/aromatic N) is 1. The Morgan fingerprint density at radius 2 is 1.75 bits per heavy atom. The average Bonchev–Trinajstić information content (AvgIpc) is 2.72. The van der Waals surface area contributed by atoms with Crippen LogP contribution in [-0.4, -0.2) is 68.8 Å². The van der Waals surface area contributed by atoms with Crippen LogP contribution < -0.4 is 14.2 Å². The summed E-state index contributed by atoms with van der Waals surface area (Å²) in [6, 6.07) is 11.4. The number of halogens is 1. The van der Waals surface area contributed by atoms with Crippen LogP contribution in [0.1, 0.15) is 0 Å². The number of aliphatic hydroxyl groups is 1. The van der Waals surface area contributed by atoms with Crippen LogP contribution in [0.5, 0.6) is 17.2 Å². The molecule has 0 spiro atoms. The van der Waals surface area contributed by atoms with Crippen molar-refractivity contribution in [2.24, 2.45) is 0 Å². The van der Waals surface area contributed by atoms with Crippen molar-refractivity contribution >= 4 is 11.6 Å². The second-order valence-corrected chi connectivity index (χ2v) is 7.35. The highest BCUT2D eigenvalue weighted by atomic mass is 35.5. The summed E-state index contributed by atoms with van der Waals surface area (Å²) in [6.07, 6.45) is -0.574. The summed E-state index contributed by atoms with van der Waals surface area (Å²) in [6.45, 7) is 4.97. The zero-order valence-electron chi connectivity index (χ0n) is 15.6. The van der Waals surface area contributed by atoms with Crippen molar-refractivity contribution in [3.63, 3.8) is 0 Å². The molecule has 6 nitrogen and oxygen atoms in total. The Labute approximate surface area is 169 Å². The summed E-state index contributed by atoms with van der Waals surface area (Å²) in [5.41, 5.74) is 1.88. The number of morpholine rings is 1. The van der Waals surface area contributed by atoms with Gasteiger partial charge in [0.25, 0.3) is 0 Å². The molecule has 2 aromatic rings. The molecule has 4 rings (SSSR count). The molecule has 28 heavy (non-hydrogen) atoms. The van der Waals surface area contributed by atoms with Gasteiger partial charge in [0.1, 0.15) is 31.7 Å². The molecular weight excluding hydrogens is 382 g/mol. The quantitative estimate of drug-likeness (QED) is 0.797. The molecule has 2 heterocycles. The van der Waals surface area contributed by atoms with Crippen molar-refractivity contribution in [3.8, 4) is 28.4 Å². The molecule has 1 saturated heterocycles. The number of benzene rings is 2. The minimum Gasteiger partial charge on any atom is -0.491 e. The van der Waals surface area contributed by atoms with Gasteiger partial charge in [-0.3, -0.25) is 4.90 Å². The fourth-order valence-electron chi connectivity index (χ4n) is 3.36. The number of β-amino-alcohol motifs (C(OH)–C–C–N with tert-alkyl or cyclic N) is 1. The Kier molecular flexibility index (Phi) is 6.22. The predicted molar refractivity (Wildman–Crippen MR) is 107 cm³/mol. The third-order valence-electron chi connectivity index (χ3n) is 4.76. The number of hydrogen-bond donors (Lipinski definition) is 1. The highest BCUT2D eigenvalue weighted by Crippen LogP contribution is 2.36. The van der Waals surface area contributed by atoms with E-state index >= 15 is 0 Å². The van der Waals surface area contributed by atoms with Crippen LogP contribution in [0.15, 0.2) is 36.4 Å². The van der Waals surface area contributed by atoms with Crippen molar-refractivity contribution < 1.29 is 24.1 Å². The SMILES string of the molecule is OC(COc1cc(Cl)cc(-c2ccc3c(c2)OCCO3)c1)CN1CCOCC1. The topological polar surface area (TPSA) is 60.4 Å². The smallest absolute Gasteiger partial charge is 0.161 e. The van der Waals surface area contributed by atoms with Gasteiger partial charge in [-0.25, -0.2) is 0 Å². The molecular formula is C21H24ClNO5. The standard InChI is InChI=1S/C21H24ClNO5/c22-17-9-16(15-1-2-20-21(11-15)27-8-7-26-20)10-19(12-17)28-14-18(24)13-23-3-5-25-6-4-23/h1-2,9-12,18,24H,3-8,13-14H2. The molecule has 2 aromatic carbocycles. The largest absolute Gasteiger partial charge is 0.491 e. The first-order valence-corrected chi connectivity index (χ1v) is 9.87. The minimum absolute atomic E-state index is 0.207. The lowest BCUT2D eigenvalue weighted by Gasteiger charge is -2.28. The fourth-order valence-corrected chi connectivity index (χ4v) is 3.59. The summed E-state index contributed by atoms with van der Waals surface area (Å²) in [7, 11) is 0. The maximum atomic E-state index is 10.3. The molecule has 0 bridgehead atoms. The lowest BCUT2D eigenvalue weighted by atomic mass is 10.0.